The number of piperazine rings is 2. The Morgan fingerprint density at radius 3 is 1.47 bits per heavy atom. The highest BCUT2D eigenvalue weighted by Crippen LogP contribution is 2.33. The van der Waals surface area contributed by atoms with Gasteiger partial charge in [0.15, 0.2) is 12.6 Å². The molecule has 51 heavy (non-hydrogen) atoms. The summed E-state index contributed by atoms with van der Waals surface area (Å²) in [6.45, 7) is 15.7. The molecule has 0 atom stereocenters. The highest BCUT2D eigenvalue weighted by Gasteiger charge is 2.33. The van der Waals surface area contributed by atoms with E-state index in [2.05, 4.69) is 5.32 Å². The maximum absolute atomic E-state index is 12.8. The third-order valence-electron chi connectivity index (χ3n) is 6.97. The van der Waals surface area contributed by atoms with E-state index in [1.807, 2.05) is 20.8 Å². The van der Waals surface area contributed by atoms with Crippen molar-refractivity contribution in [3.05, 3.63) is 64.5 Å². The maximum atomic E-state index is 12.8. The first-order valence-corrected chi connectivity index (χ1v) is 15.8. The third kappa shape index (κ3) is 14.4. The zero-order valence-corrected chi connectivity index (χ0v) is 29.2. The lowest BCUT2D eigenvalue weighted by Crippen LogP contribution is -2.50. The Morgan fingerprint density at radius 1 is 0.647 bits per heavy atom. The first-order valence-electron chi connectivity index (χ1n) is 15.8. The van der Waals surface area contributed by atoms with Crippen molar-refractivity contribution in [1.82, 2.24) is 15.1 Å². The Morgan fingerprint density at radius 2 is 1.06 bits per heavy atom. The number of carbonyl (C=O) groups excluding carboxylic acids is 4. The van der Waals surface area contributed by atoms with Gasteiger partial charge in [0.1, 0.15) is 17.0 Å². The molecule has 2 aromatic carbocycles. The van der Waals surface area contributed by atoms with E-state index in [1.165, 1.54) is 6.07 Å². The molecule has 0 aromatic heterocycles. The van der Waals surface area contributed by atoms with E-state index < -0.39 is 46.6 Å². The topological polar surface area (TPSA) is 108 Å². The van der Waals surface area contributed by atoms with Crippen molar-refractivity contribution >= 4 is 30.4 Å². The van der Waals surface area contributed by atoms with Gasteiger partial charge in [0.25, 0.3) is 0 Å². The van der Waals surface area contributed by atoms with Gasteiger partial charge in [-0.1, -0.05) is 0 Å². The number of hydrogen-bond donors (Lipinski definition) is 1. The van der Waals surface area contributed by atoms with Crippen LogP contribution in [-0.2, 0) is 21.8 Å². The van der Waals surface area contributed by atoms with Crippen LogP contribution in [0, 0.1) is 5.82 Å². The molecule has 2 aliphatic heterocycles. The van der Waals surface area contributed by atoms with Gasteiger partial charge in [-0.15, -0.1) is 0 Å². The van der Waals surface area contributed by atoms with Crippen LogP contribution in [0.1, 0.15) is 73.4 Å². The molecule has 2 fully saturated rings. The lowest BCUT2D eigenvalue weighted by Gasteiger charge is -2.37. The van der Waals surface area contributed by atoms with E-state index in [4.69, 9.17) is 9.47 Å². The Balaban J connectivity index is 0.000000292. The average molecular weight is 737 g/mol. The van der Waals surface area contributed by atoms with Crippen LogP contribution in [0.4, 0.5) is 46.0 Å². The van der Waals surface area contributed by atoms with Crippen molar-refractivity contribution in [2.75, 3.05) is 57.3 Å². The molecular weight excluding hydrogens is 693 g/mol. The molecule has 0 aliphatic carbocycles. The molecule has 2 aliphatic rings. The number of anilines is 1. The first-order chi connectivity index (χ1) is 23.4. The van der Waals surface area contributed by atoms with Gasteiger partial charge in [-0.3, -0.25) is 9.59 Å². The Hall–Kier alpha value is -4.41. The Labute approximate surface area is 291 Å². The predicted molar refractivity (Wildman–Crippen MR) is 174 cm³/mol. The molecule has 0 unspecified atom stereocenters. The molecule has 0 spiro atoms. The lowest BCUT2D eigenvalue weighted by atomic mass is 10.1. The number of carbonyl (C=O) groups is 4. The third-order valence-corrected chi connectivity index (χ3v) is 6.97. The molecule has 17 heteroatoms. The fraction of sp³-hybridized carbons (Fsp3) is 0.529. The molecule has 0 saturated carbocycles. The molecule has 0 radical (unpaired) electrons. The quantitative estimate of drug-likeness (QED) is 0.264. The van der Waals surface area contributed by atoms with Gasteiger partial charge in [0.2, 0.25) is 0 Å². The lowest BCUT2D eigenvalue weighted by molar-refractivity contribution is -0.138. The highest BCUT2D eigenvalue weighted by atomic mass is 19.4. The Bertz CT molecular complexity index is 1490. The predicted octanol–water partition coefficient (Wildman–Crippen LogP) is 7.06. The van der Waals surface area contributed by atoms with Crippen molar-refractivity contribution in [3.8, 4) is 0 Å². The second kappa shape index (κ2) is 17.7. The summed E-state index contributed by atoms with van der Waals surface area (Å²) >= 11 is 0. The van der Waals surface area contributed by atoms with E-state index >= 15 is 0 Å². The fourth-order valence-electron chi connectivity index (χ4n) is 4.55. The van der Waals surface area contributed by atoms with E-state index in [9.17, 15) is 49.9 Å². The minimum Gasteiger partial charge on any atom is -0.444 e. The van der Waals surface area contributed by atoms with Gasteiger partial charge in [-0.2, -0.15) is 26.3 Å². The summed E-state index contributed by atoms with van der Waals surface area (Å²) in [4.78, 5) is 49.9. The molecule has 2 aromatic rings. The summed E-state index contributed by atoms with van der Waals surface area (Å²) in [6, 6.07) is 4.79. The normalized spacial score (nSPS) is 15.4. The van der Waals surface area contributed by atoms with Gasteiger partial charge >= 0.3 is 24.5 Å². The molecule has 4 rings (SSSR count). The SMILES string of the molecule is CC(C)(C)OC(=O)N1CCN(c2ccc(C(F)(F)F)cc2C=O)CC1.CC(C)(C)OC(=O)N1CCNCC1.O=Cc1cc(C(F)(F)F)ccc1F. The van der Waals surface area contributed by atoms with Crippen LogP contribution in [0.5, 0.6) is 0 Å². The van der Waals surface area contributed by atoms with Gasteiger partial charge in [-0.25, -0.2) is 14.0 Å². The van der Waals surface area contributed by atoms with Crippen LogP contribution in [0.2, 0.25) is 0 Å². The monoisotopic (exact) mass is 736 g/mol. The fourth-order valence-corrected chi connectivity index (χ4v) is 4.55. The molecule has 284 valence electrons. The minimum absolute atomic E-state index is 0.0134. The van der Waals surface area contributed by atoms with Crippen LogP contribution in [0.15, 0.2) is 36.4 Å². The van der Waals surface area contributed by atoms with Crippen LogP contribution in [0.3, 0.4) is 0 Å². The maximum Gasteiger partial charge on any atom is 0.416 e. The molecule has 10 nitrogen and oxygen atoms in total. The van der Waals surface area contributed by atoms with Crippen LogP contribution in [0.25, 0.3) is 0 Å². The number of ether oxygens (including phenoxy) is 2. The average Bonchev–Trinajstić information content (AvgIpc) is 3.03. The Kier molecular flexibility index (Phi) is 14.8. The number of nitrogens with one attached hydrogen (secondary N) is 1. The molecule has 2 saturated heterocycles. The van der Waals surface area contributed by atoms with E-state index in [-0.39, 0.29) is 23.5 Å². The number of aldehydes is 2. The second-order valence-electron chi connectivity index (χ2n) is 13.4. The van der Waals surface area contributed by atoms with E-state index in [0.717, 1.165) is 38.3 Å². The summed E-state index contributed by atoms with van der Waals surface area (Å²) in [5.41, 5.74) is -3.03. The largest absolute Gasteiger partial charge is 0.444 e. The van der Waals surface area contributed by atoms with Crippen molar-refractivity contribution in [1.29, 1.82) is 0 Å². The number of nitrogens with zero attached hydrogens (tertiary/aromatic N) is 3. The number of rotatable bonds is 3. The smallest absolute Gasteiger partial charge is 0.416 e. The number of benzene rings is 2. The standard InChI is InChI=1S/C17H21F3N2O3.C9H18N2O2.C8H4F4O/c1-16(2,3)25-15(24)22-8-6-21(7-9-22)14-5-4-13(17(18,19)20)10-12(14)11-23;1-9(2,3)13-8(12)11-6-4-10-5-7-11;9-7-2-1-6(8(10,11)12)3-5(7)4-13/h4-5,10-11H,6-9H2,1-3H3;10H,4-7H2,1-3H3;1-4H. The second-order valence-corrected chi connectivity index (χ2v) is 13.4. The van der Waals surface area contributed by atoms with Crippen molar-refractivity contribution in [2.24, 2.45) is 0 Å². The summed E-state index contributed by atoms with van der Waals surface area (Å²) < 4.78 is 97.4. The number of halogens is 7. The van der Waals surface area contributed by atoms with Gasteiger partial charge in [0.05, 0.1) is 16.7 Å². The number of amides is 2. The van der Waals surface area contributed by atoms with Crippen molar-refractivity contribution < 1.29 is 59.4 Å². The highest BCUT2D eigenvalue weighted by molar-refractivity contribution is 5.85. The summed E-state index contributed by atoms with van der Waals surface area (Å²) in [6.07, 6.45) is -9.20. The number of alkyl halides is 6. The van der Waals surface area contributed by atoms with Crippen LogP contribution < -0.4 is 10.2 Å². The van der Waals surface area contributed by atoms with E-state index in [1.54, 1.807) is 35.5 Å². The molecule has 2 amide bonds. The molecule has 1 N–H and O–H groups in total. The van der Waals surface area contributed by atoms with Crippen molar-refractivity contribution in [3.63, 3.8) is 0 Å². The summed E-state index contributed by atoms with van der Waals surface area (Å²) in [5, 5.41) is 3.18. The van der Waals surface area contributed by atoms with Gasteiger partial charge < -0.3 is 29.5 Å². The molecule has 2 heterocycles. The molecule has 0 bridgehead atoms. The zero-order chi connectivity index (χ0) is 38.8. The minimum atomic E-state index is -4.55. The summed E-state index contributed by atoms with van der Waals surface area (Å²) in [5.74, 6) is -0.956. The number of hydrogen-bond acceptors (Lipinski definition) is 8. The van der Waals surface area contributed by atoms with Gasteiger partial charge in [-0.05, 0) is 77.9 Å². The molecular formula is C34H43F7N4O6. The zero-order valence-electron chi connectivity index (χ0n) is 29.2. The van der Waals surface area contributed by atoms with Gasteiger partial charge in [0, 0.05) is 63.6 Å². The summed E-state index contributed by atoms with van der Waals surface area (Å²) in [7, 11) is 0. The van der Waals surface area contributed by atoms with E-state index in [0.29, 0.717) is 56.4 Å². The first kappa shape index (κ1) is 42.8. The van der Waals surface area contributed by atoms with Crippen LogP contribution >= 0.6 is 0 Å². The van der Waals surface area contributed by atoms with Crippen molar-refractivity contribution in [2.45, 2.75) is 65.1 Å². The van der Waals surface area contributed by atoms with Crippen LogP contribution in [-0.4, -0.2) is 98.1 Å².